The molecule has 0 unspecified atom stereocenters. The van der Waals surface area contributed by atoms with E-state index in [1.165, 1.54) is 10.5 Å². The normalized spacial score (nSPS) is 16.2. The average Bonchev–Trinajstić information content (AvgIpc) is 3.32. The zero-order valence-corrected chi connectivity index (χ0v) is 18.6. The smallest absolute Gasteiger partial charge is 0.191 e. The van der Waals surface area contributed by atoms with E-state index in [0.29, 0.717) is 12.6 Å². The second-order valence-electron chi connectivity index (χ2n) is 7.80. The van der Waals surface area contributed by atoms with Crippen molar-refractivity contribution in [3.05, 3.63) is 46.2 Å². The molecule has 1 saturated heterocycles. The topological polar surface area (TPSA) is 70.4 Å². The molecule has 1 aliphatic rings. The van der Waals surface area contributed by atoms with Gasteiger partial charge in [0.25, 0.3) is 0 Å². The third-order valence-electron chi connectivity index (χ3n) is 5.23. The molecule has 1 aliphatic heterocycles. The number of aromatic nitrogens is 3. The minimum atomic E-state index is 0.436. The van der Waals surface area contributed by atoms with Gasteiger partial charge in [0.1, 0.15) is 12.4 Å². The van der Waals surface area contributed by atoms with Crippen LogP contribution in [0.3, 0.4) is 0 Å². The van der Waals surface area contributed by atoms with Gasteiger partial charge in [0.05, 0.1) is 0 Å². The maximum absolute atomic E-state index is 4.80. The van der Waals surface area contributed by atoms with Crippen LogP contribution >= 0.6 is 11.3 Å². The molecule has 158 valence electrons. The molecule has 29 heavy (non-hydrogen) atoms. The lowest BCUT2D eigenvalue weighted by Crippen LogP contribution is -2.49. The molecule has 0 aromatic carbocycles. The monoisotopic (exact) mass is 415 g/mol. The Hall–Kier alpha value is -2.19. The fourth-order valence-electron chi connectivity index (χ4n) is 3.46. The highest BCUT2D eigenvalue weighted by molar-refractivity contribution is 7.09. The molecule has 0 amide bonds. The lowest BCUT2D eigenvalue weighted by molar-refractivity contribution is 0.221. The Kier molecular flexibility index (Phi) is 7.83. The van der Waals surface area contributed by atoms with Crippen LogP contribution in [0.2, 0.25) is 0 Å². The molecular weight excluding hydrogens is 382 g/mol. The lowest BCUT2D eigenvalue weighted by Gasteiger charge is -2.33. The number of piperidine rings is 1. The quantitative estimate of drug-likeness (QED) is 0.394. The van der Waals surface area contributed by atoms with Crippen molar-refractivity contribution in [2.45, 2.75) is 45.7 Å². The Morgan fingerprint density at radius 2 is 2.14 bits per heavy atom. The van der Waals surface area contributed by atoms with Crippen molar-refractivity contribution >= 4 is 17.3 Å². The van der Waals surface area contributed by atoms with Crippen LogP contribution in [0, 0.1) is 6.92 Å². The van der Waals surface area contributed by atoms with E-state index in [9.17, 15) is 0 Å². The summed E-state index contributed by atoms with van der Waals surface area (Å²) < 4.78 is 1.99. The maximum Gasteiger partial charge on any atom is 0.191 e. The predicted octanol–water partition coefficient (Wildman–Crippen LogP) is 2.50. The standard InChI is InChI=1S/C21H33N7S/c1-16(2)15-28-11-8-18(9-12-28)24-21(22-10-7-19-6-5-13-29-19)23-14-20-26-25-17(3)27(20)4/h5-6,13,18H,1,7-12,14-15H2,2-4H3,(H2,22,23,24). The number of aryl methyl sites for hydroxylation is 1. The van der Waals surface area contributed by atoms with Crippen molar-refractivity contribution in [1.82, 2.24) is 30.3 Å². The summed E-state index contributed by atoms with van der Waals surface area (Å²) in [6.07, 6.45) is 3.22. The second kappa shape index (κ2) is 10.5. The van der Waals surface area contributed by atoms with Gasteiger partial charge in [-0.25, -0.2) is 4.99 Å². The van der Waals surface area contributed by atoms with Gasteiger partial charge in [-0.2, -0.15) is 0 Å². The number of hydrogen-bond acceptors (Lipinski definition) is 5. The van der Waals surface area contributed by atoms with Crippen molar-refractivity contribution in [3.8, 4) is 0 Å². The Labute approximate surface area is 177 Å². The Balaban J connectivity index is 1.57. The average molecular weight is 416 g/mol. The number of nitrogens with one attached hydrogen (secondary N) is 2. The van der Waals surface area contributed by atoms with Gasteiger partial charge in [0.15, 0.2) is 11.8 Å². The molecule has 2 N–H and O–H groups in total. The van der Waals surface area contributed by atoms with E-state index in [1.807, 2.05) is 18.5 Å². The van der Waals surface area contributed by atoms with E-state index in [4.69, 9.17) is 4.99 Å². The largest absolute Gasteiger partial charge is 0.356 e. The van der Waals surface area contributed by atoms with Crippen LogP contribution in [-0.4, -0.2) is 57.8 Å². The van der Waals surface area contributed by atoms with E-state index < -0.39 is 0 Å². The van der Waals surface area contributed by atoms with Gasteiger partial charge in [-0.15, -0.1) is 21.5 Å². The molecule has 0 saturated carbocycles. The Bertz CT molecular complexity index is 801. The van der Waals surface area contributed by atoms with Gasteiger partial charge in [0, 0.05) is 44.1 Å². The van der Waals surface area contributed by atoms with Crippen LogP contribution in [0.1, 0.15) is 36.3 Å². The number of thiophene rings is 1. The van der Waals surface area contributed by atoms with E-state index in [-0.39, 0.29) is 0 Å². The van der Waals surface area contributed by atoms with Crippen LogP contribution in [0.25, 0.3) is 0 Å². The molecule has 3 rings (SSSR count). The van der Waals surface area contributed by atoms with Crippen molar-refractivity contribution in [2.24, 2.45) is 12.0 Å². The van der Waals surface area contributed by atoms with Crippen molar-refractivity contribution in [3.63, 3.8) is 0 Å². The van der Waals surface area contributed by atoms with E-state index in [1.54, 1.807) is 11.3 Å². The first-order chi connectivity index (χ1) is 14.0. The fraction of sp³-hybridized carbons (Fsp3) is 0.571. The van der Waals surface area contributed by atoms with Crippen molar-refractivity contribution in [2.75, 3.05) is 26.2 Å². The molecule has 0 radical (unpaired) electrons. The summed E-state index contributed by atoms with van der Waals surface area (Å²) in [5.41, 5.74) is 1.23. The number of nitrogens with zero attached hydrogens (tertiary/aromatic N) is 5. The number of rotatable bonds is 8. The minimum absolute atomic E-state index is 0.436. The highest BCUT2D eigenvalue weighted by Gasteiger charge is 2.20. The molecule has 2 aromatic rings. The molecule has 0 aliphatic carbocycles. The summed E-state index contributed by atoms with van der Waals surface area (Å²) in [6.45, 7) is 12.6. The summed E-state index contributed by atoms with van der Waals surface area (Å²) in [4.78, 5) is 8.65. The van der Waals surface area contributed by atoms with Gasteiger partial charge >= 0.3 is 0 Å². The first kappa shape index (κ1) is 21.5. The SMILES string of the molecule is C=C(C)CN1CCC(NC(=NCc2nnc(C)n2C)NCCc2cccs2)CC1. The molecule has 2 aromatic heterocycles. The number of likely N-dealkylation sites (tertiary alicyclic amines) is 1. The van der Waals surface area contributed by atoms with Gasteiger partial charge in [0.2, 0.25) is 0 Å². The molecular formula is C21H33N7S. The summed E-state index contributed by atoms with van der Waals surface area (Å²) in [7, 11) is 1.98. The third-order valence-corrected chi connectivity index (χ3v) is 6.16. The van der Waals surface area contributed by atoms with Crippen LogP contribution in [0.5, 0.6) is 0 Å². The summed E-state index contributed by atoms with van der Waals surface area (Å²) in [5, 5.41) is 17.6. The lowest BCUT2D eigenvalue weighted by atomic mass is 10.0. The third kappa shape index (κ3) is 6.68. The van der Waals surface area contributed by atoms with Gasteiger partial charge in [-0.1, -0.05) is 18.2 Å². The molecule has 1 fully saturated rings. The van der Waals surface area contributed by atoms with E-state index in [2.05, 4.69) is 56.7 Å². The summed E-state index contributed by atoms with van der Waals surface area (Å²) in [5.74, 6) is 2.64. The summed E-state index contributed by atoms with van der Waals surface area (Å²) in [6, 6.07) is 4.71. The summed E-state index contributed by atoms with van der Waals surface area (Å²) >= 11 is 1.80. The van der Waals surface area contributed by atoms with Gasteiger partial charge < -0.3 is 15.2 Å². The first-order valence-corrected chi connectivity index (χ1v) is 11.2. The first-order valence-electron chi connectivity index (χ1n) is 10.3. The van der Waals surface area contributed by atoms with E-state index >= 15 is 0 Å². The molecule has 0 atom stereocenters. The number of aliphatic imine (C=N–C) groups is 1. The second-order valence-corrected chi connectivity index (χ2v) is 8.83. The number of guanidine groups is 1. The van der Waals surface area contributed by atoms with Crippen LogP contribution < -0.4 is 10.6 Å². The van der Waals surface area contributed by atoms with Crippen LogP contribution in [-0.2, 0) is 20.0 Å². The highest BCUT2D eigenvalue weighted by Crippen LogP contribution is 2.12. The van der Waals surface area contributed by atoms with Crippen LogP contribution in [0.4, 0.5) is 0 Å². The molecule has 0 spiro atoms. The number of hydrogen-bond donors (Lipinski definition) is 2. The van der Waals surface area contributed by atoms with Gasteiger partial charge in [-0.05, 0) is 44.6 Å². The Morgan fingerprint density at radius 3 is 2.76 bits per heavy atom. The van der Waals surface area contributed by atoms with Gasteiger partial charge in [-0.3, -0.25) is 4.90 Å². The highest BCUT2D eigenvalue weighted by atomic mass is 32.1. The van der Waals surface area contributed by atoms with Crippen molar-refractivity contribution < 1.29 is 0 Å². The fourth-order valence-corrected chi connectivity index (χ4v) is 4.17. The molecule has 7 nitrogen and oxygen atoms in total. The zero-order valence-electron chi connectivity index (χ0n) is 17.8. The minimum Gasteiger partial charge on any atom is -0.356 e. The predicted molar refractivity (Wildman–Crippen MR) is 120 cm³/mol. The molecule has 3 heterocycles. The van der Waals surface area contributed by atoms with E-state index in [0.717, 1.165) is 63.0 Å². The zero-order chi connectivity index (χ0) is 20.6. The Morgan fingerprint density at radius 1 is 1.34 bits per heavy atom. The maximum atomic E-state index is 4.80. The molecule has 8 heteroatoms. The van der Waals surface area contributed by atoms with Crippen LogP contribution in [0.15, 0.2) is 34.7 Å². The van der Waals surface area contributed by atoms with Crippen molar-refractivity contribution in [1.29, 1.82) is 0 Å². The molecule has 0 bridgehead atoms.